The molecule has 21 heavy (non-hydrogen) atoms. The monoisotopic (exact) mass is 286 g/mol. The fourth-order valence-corrected chi connectivity index (χ4v) is 5.86. The van der Waals surface area contributed by atoms with Gasteiger partial charge in [-0.1, -0.05) is 38.2 Å². The molecule has 2 heteroatoms. The van der Waals surface area contributed by atoms with E-state index in [1.54, 1.807) is 0 Å². The van der Waals surface area contributed by atoms with E-state index in [2.05, 4.69) is 48.4 Å². The van der Waals surface area contributed by atoms with E-state index in [1.807, 2.05) is 0 Å². The van der Waals surface area contributed by atoms with Gasteiger partial charge in [0.1, 0.15) is 0 Å². The van der Waals surface area contributed by atoms with E-state index in [0.29, 0.717) is 16.4 Å². The Morgan fingerprint density at radius 3 is 2.19 bits per heavy atom. The van der Waals surface area contributed by atoms with Crippen molar-refractivity contribution in [2.75, 3.05) is 26.2 Å². The molecule has 116 valence electrons. The third-order valence-electron chi connectivity index (χ3n) is 6.51. The zero-order chi connectivity index (χ0) is 14.6. The van der Waals surface area contributed by atoms with Crippen LogP contribution in [0.1, 0.15) is 46.0 Å². The first-order chi connectivity index (χ1) is 10.1. The van der Waals surface area contributed by atoms with Crippen LogP contribution in [0.4, 0.5) is 0 Å². The lowest BCUT2D eigenvalue weighted by Crippen LogP contribution is -2.56. The van der Waals surface area contributed by atoms with Crippen LogP contribution >= 0.6 is 0 Å². The van der Waals surface area contributed by atoms with E-state index in [0.717, 1.165) is 12.3 Å². The third kappa shape index (κ3) is 2.06. The van der Waals surface area contributed by atoms with Gasteiger partial charge in [0.05, 0.1) is 0 Å². The smallest absolute Gasteiger partial charge is 0.0230 e. The Kier molecular flexibility index (Phi) is 3.14. The SMILES string of the molecule is CC(C)CC1(N2CCNCC2)CC23C=CCC=CC2(C1)C3. The molecule has 0 spiro atoms. The summed E-state index contributed by atoms with van der Waals surface area (Å²) in [6.45, 7) is 9.64. The first-order valence-electron chi connectivity index (χ1n) is 8.91. The minimum absolute atomic E-state index is 0.459. The summed E-state index contributed by atoms with van der Waals surface area (Å²) in [5, 5.41) is 3.53. The highest BCUT2D eigenvalue weighted by Gasteiger charge is 2.73. The van der Waals surface area contributed by atoms with Gasteiger partial charge in [-0.15, -0.1) is 0 Å². The molecule has 3 fully saturated rings. The highest BCUT2D eigenvalue weighted by atomic mass is 15.3. The lowest BCUT2D eigenvalue weighted by molar-refractivity contribution is 0.0427. The number of rotatable bonds is 3. The first-order valence-corrected chi connectivity index (χ1v) is 8.91. The lowest BCUT2D eigenvalue weighted by Gasteiger charge is -2.47. The summed E-state index contributed by atoms with van der Waals surface area (Å²) in [7, 11) is 0. The molecule has 1 aliphatic heterocycles. The van der Waals surface area contributed by atoms with E-state index < -0.39 is 0 Å². The molecule has 0 amide bonds. The van der Waals surface area contributed by atoms with E-state index in [4.69, 9.17) is 0 Å². The van der Waals surface area contributed by atoms with Crippen LogP contribution in [0.3, 0.4) is 0 Å². The Morgan fingerprint density at radius 2 is 1.62 bits per heavy atom. The topological polar surface area (TPSA) is 15.3 Å². The van der Waals surface area contributed by atoms with Crippen molar-refractivity contribution in [2.24, 2.45) is 16.7 Å². The maximum Gasteiger partial charge on any atom is 0.0230 e. The molecule has 0 bridgehead atoms. The van der Waals surface area contributed by atoms with Gasteiger partial charge in [-0.25, -0.2) is 0 Å². The van der Waals surface area contributed by atoms with Crippen LogP contribution < -0.4 is 5.32 Å². The lowest BCUT2D eigenvalue weighted by atomic mass is 9.79. The number of hydrogen-bond acceptors (Lipinski definition) is 2. The minimum Gasteiger partial charge on any atom is -0.314 e. The van der Waals surface area contributed by atoms with Gasteiger partial charge in [-0.2, -0.15) is 0 Å². The van der Waals surface area contributed by atoms with Crippen molar-refractivity contribution >= 4 is 0 Å². The largest absolute Gasteiger partial charge is 0.314 e. The molecule has 0 aromatic heterocycles. The number of nitrogens with one attached hydrogen (secondary N) is 1. The highest BCUT2D eigenvalue weighted by molar-refractivity contribution is 5.39. The number of piperazine rings is 1. The Balaban J connectivity index is 1.65. The fraction of sp³-hybridized carbons (Fsp3) is 0.789. The van der Waals surface area contributed by atoms with Crippen molar-refractivity contribution in [1.29, 1.82) is 0 Å². The van der Waals surface area contributed by atoms with Crippen molar-refractivity contribution in [1.82, 2.24) is 10.2 Å². The van der Waals surface area contributed by atoms with Crippen LogP contribution in [0.25, 0.3) is 0 Å². The van der Waals surface area contributed by atoms with Gasteiger partial charge >= 0.3 is 0 Å². The summed E-state index contributed by atoms with van der Waals surface area (Å²) < 4.78 is 0. The predicted octanol–water partition coefficient (Wildman–Crippen LogP) is 3.36. The molecule has 2 atom stereocenters. The molecule has 0 radical (unpaired) electrons. The van der Waals surface area contributed by atoms with Crippen molar-refractivity contribution in [3.05, 3.63) is 24.3 Å². The van der Waals surface area contributed by atoms with Gasteiger partial charge in [0.2, 0.25) is 0 Å². The van der Waals surface area contributed by atoms with Crippen LogP contribution in [0.15, 0.2) is 24.3 Å². The van der Waals surface area contributed by atoms with E-state index in [-0.39, 0.29) is 0 Å². The Labute approximate surface area is 129 Å². The second kappa shape index (κ2) is 4.70. The van der Waals surface area contributed by atoms with Gasteiger partial charge < -0.3 is 5.32 Å². The van der Waals surface area contributed by atoms with Gasteiger partial charge in [0.15, 0.2) is 0 Å². The summed E-state index contributed by atoms with van der Waals surface area (Å²) >= 11 is 0. The average molecular weight is 286 g/mol. The Morgan fingerprint density at radius 1 is 1.00 bits per heavy atom. The molecule has 1 heterocycles. The van der Waals surface area contributed by atoms with Crippen molar-refractivity contribution in [3.63, 3.8) is 0 Å². The maximum absolute atomic E-state index is 3.53. The molecule has 1 saturated heterocycles. The van der Waals surface area contributed by atoms with Crippen LogP contribution in [0.5, 0.6) is 0 Å². The minimum atomic E-state index is 0.459. The second-order valence-corrected chi connectivity index (χ2v) is 8.44. The van der Waals surface area contributed by atoms with E-state index >= 15 is 0 Å². The summed E-state index contributed by atoms with van der Waals surface area (Å²) in [6.07, 6.45) is 16.8. The third-order valence-corrected chi connectivity index (χ3v) is 6.51. The summed E-state index contributed by atoms with van der Waals surface area (Å²) in [5.41, 5.74) is 1.49. The first kappa shape index (κ1) is 14.0. The number of allylic oxidation sites excluding steroid dienone is 4. The Bertz CT molecular complexity index is 446. The molecule has 4 rings (SSSR count). The summed E-state index contributed by atoms with van der Waals surface area (Å²) in [4.78, 5) is 2.85. The van der Waals surface area contributed by atoms with E-state index in [9.17, 15) is 0 Å². The molecule has 2 saturated carbocycles. The zero-order valence-corrected chi connectivity index (χ0v) is 13.7. The van der Waals surface area contributed by atoms with Crippen molar-refractivity contribution in [2.45, 2.75) is 51.5 Å². The number of hydrogen-bond donors (Lipinski definition) is 1. The predicted molar refractivity (Wildman–Crippen MR) is 88.2 cm³/mol. The van der Waals surface area contributed by atoms with Crippen LogP contribution in [-0.2, 0) is 0 Å². The van der Waals surface area contributed by atoms with Gasteiger partial charge in [0, 0.05) is 31.7 Å². The van der Waals surface area contributed by atoms with Crippen LogP contribution in [-0.4, -0.2) is 36.6 Å². The van der Waals surface area contributed by atoms with Crippen LogP contribution in [0, 0.1) is 16.7 Å². The van der Waals surface area contributed by atoms with Gasteiger partial charge in [-0.3, -0.25) is 4.90 Å². The molecule has 1 N–H and O–H groups in total. The molecular formula is C19H30N2. The zero-order valence-electron chi connectivity index (χ0n) is 13.7. The molecule has 2 nitrogen and oxygen atoms in total. The quantitative estimate of drug-likeness (QED) is 0.800. The van der Waals surface area contributed by atoms with Crippen molar-refractivity contribution in [3.8, 4) is 0 Å². The Hall–Kier alpha value is -0.600. The molecule has 4 aliphatic rings. The molecule has 0 aromatic carbocycles. The van der Waals surface area contributed by atoms with E-state index in [1.165, 1.54) is 51.9 Å². The molecular weight excluding hydrogens is 256 g/mol. The fourth-order valence-electron chi connectivity index (χ4n) is 5.86. The maximum atomic E-state index is 3.53. The summed E-state index contributed by atoms with van der Waals surface area (Å²) in [5.74, 6) is 0.794. The van der Waals surface area contributed by atoms with Gasteiger partial charge in [-0.05, 0) is 48.9 Å². The highest BCUT2D eigenvalue weighted by Crippen LogP contribution is 2.79. The normalized spacial score (nSPS) is 45.5. The van der Waals surface area contributed by atoms with Crippen LogP contribution in [0.2, 0.25) is 0 Å². The molecule has 0 aromatic rings. The molecule has 2 unspecified atom stereocenters. The second-order valence-electron chi connectivity index (χ2n) is 8.44. The number of nitrogens with zero attached hydrogens (tertiary/aromatic N) is 1. The molecule has 3 aliphatic carbocycles. The van der Waals surface area contributed by atoms with Crippen molar-refractivity contribution < 1.29 is 0 Å². The average Bonchev–Trinajstić information content (AvgIpc) is 2.99. The standard InChI is InChI=1S/C19H30N2/c1-16(2)12-19(21-10-8-20-9-11-21)14-17-6-4-3-5-7-18(17,13-17)15-19/h4-7,16,20H,3,8-15H2,1-2H3. The summed E-state index contributed by atoms with van der Waals surface area (Å²) in [6, 6.07) is 0. The van der Waals surface area contributed by atoms with Gasteiger partial charge in [0.25, 0.3) is 0 Å².